The Balaban J connectivity index is 3.31. The van der Waals surface area contributed by atoms with Gasteiger partial charge in [-0.15, -0.1) is 0 Å². The minimum absolute atomic E-state index is 0.0402. The van der Waals surface area contributed by atoms with Crippen molar-refractivity contribution in [3.63, 3.8) is 0 Å². The normalized spacial score (nSPS) is 9.23. The van der Waals surface area contributed by atoms with Crippen LogP contribution in [0.4, 0.5) is 11.6 Å². The summed E-state index contributed by atoms with van der Waals surface area (Å²) in [5, 5.41) is 11.5. The predicted molar refractivity (Wildman–Crippen MR) is 48.1 cm³/mol. The molecule has 0 aliphatic carbocycles. The fraction of sp³-hybridized carbons (Fsp3) is 0.286. The van der Waals surface area contributed by atoms with Crippen LogP contribution in [0.15, 0.2) is 4.79 Å². The van der Waals surface area contributed by atoms with Crippen molar-refractivity contribution in [3.8, 4) is 6.07 Å². The van der Waals surface area contributed by atoms with Crippen molar-refractivity contribution in [3.05, 3.63) is 16.0 Å². The third-order valence-electron chi connectivity index (χ3n) is 1.42. The van der Waals surface area contributed by atoms with E-state index < -0.39 is 5.69 Å². The third kappa shape index (κ3) is 1.76. The molecule has 0 atom stereocenters. The van der Waals surface area contributed by atoms with E-state index in [9.17, 15) is 4.79 Å². The van der Waals surface area contributed by atoms with Crippen LogP contribution >= 0.6 is 0 Å². The summed E-state index contributed by atoms with van der Waals surface area (Å²) in [7, 11) is 0. The lowest BCUT2D eigenvalue weighted by Gasteiger charge is -2.04. The highest BCUT2D eigenvalue weighted by atomic mass is 16.1. The Morgan fingerprint density at radius 2 is 2.46 bits per heavy atom. The second-order valence-corrected chi connectivity index (χ2v) is 2.32. The van der Waals surface area contributed by atoms with Gasteiger partial charge in [0, 0.05) is 6.54 Å². The smallest absolute Gasteiger partial charge is 0.348 e. The van der Waals surface area contributed by atoms with Crippen LogP contribution in [0.3, 0.4) is 0 Å². The van der Waals surface area contributed by atoms with Gasteiger partial charge in [0.25, 0.3) is 0 Å². The molecule has 0 aliphatic heterocycles. The Bertz CT molecular complexity index is 402. The molecule has 0 radical (unpaired) electrons. The summed E-state index contributed by atoms with van der Waals surface area (Å²) in [6.07, 6.45) is 0. The van der Waals surface area contributed by atoms with Crippen LogP contribution in [0.5, 0.6) is 0 Å². The van der Waals surface area contributed by atoms with Gasteiger partial charge < -0.3 is 11.1 Å². The molecular formula is C7H9N5O. The maximum atomic E-state index is 10.9. The molecule has 1 rings (SSSR count). The Morgan fingerprint density at radius 3 is 3.00 bits per heavy atom. The highest BCUT2D eigenvalue weighted by Crippen LogP contribution is 2.12. The number of nitriles is 1. The van der Waals surface area contributed by atoms with Gasteiger partial charge >= 0.3 is 5.69 Å². The van der Waals surface area contributed by atoms with E-state index in [-0.39, 0.29) is 17.2 Å². The molecule has 68 valence electrons. The second-order valence-electron chi connectivity index (χ2n) is 2.32. The van der Waals surface area contributed by atoms with E-state index >= 15 is 0 Å². The molecule has 0 spiro atoms. The fourth-order valence-electron chi connectivity index (χ4n) is 0.899. The maximum Gasteiger partial charge on any atom is 0.348 e. The van der Waals surface area contributed by atoms with Gasteiger partial charge in [-0.05, 0) is 6.92 Å². The van der Waals surface area contributed by atoms with Crippen molar-refractivity contribution in [2.75, 3.05) is 17.6 Å². The van der Waals surface area contributed by atoms with Crippen molar-refractivity contribution in [1.29, 1.82) is 5.26 Å². The summed E-state index contributed by atoms with van der Waals surface area (Å²) in [6, 6.07) is 1.86. The quantitative estimate of drug-likeness (QED) is 0.575. The Labute approximate surface area is 74.4 Å². The van der Waals surface area contributed by atoms with Gasteiger partial charge in [0.05, 0.1) is 0 Å². The van der Waals surface area contributed by atoms with Crippen molar-refractivity contribution >= 4 is 11.6 Å². The molecule has 0 saturated carbocycles. The van der Waals surface area contributed by atoms with Crippen molar-refractivity contribution in [2.45, 2.75) is 6.92 Å². The van der Waals surface area contributed by atoms with Crippen molar-refractivity contribution in [2.24, 2.45) is 0 Å². The van der Waals surface area contributed by atoms with Gasteiger partial charge in [-0.2, -0.15) is 10.2 Å². The van der Waals surface area contributed by atoms with E-state index in [0.29, 0.717) is 6.54 Å². The third-order valence-corrected chi connectivity index (χ3v) is 1.42. The van der Waals surface area contributed by atoms with E-state index in [2.05, 4.69) is 15.3 Å². The minimum atomic E-state index is -0.563. The number of H-pyrrole nitrogens is 1. The number of nitrogens with two attached hydrogens (primary N) is 1. The summed E-state index contributed by atoms with van der Waals surface area (Å²) in [5.41, 5.74) is 5.01. The Morgan fingerprint density at radius 1 is 1.77 bits per heavy atom. The largest absolute Gasteiger partial charge is 0.384 e. The van der Waals surface area contributed by atoms with Crippen molar-refractivity contribution < 1.29 is 0 Å². The van der Waals surface area contributed by atoms with Crippen LogP contribution in [0.2, 0.25) is 0 Å². The average Bonchev–Trinajstić information content (AvgIpc) is 2.04. The SMILES string of the molecule is CCNc1nc(=O)[nH]c(N)c1C#N. The molecule has 13 heavy (non-hydrogen) atoms. The van der Waals surface area contributed by atoms with E-state index in [1.54, 1.807) is 0 Å². The van der Waals surface area contributed by atoms with E-state index in [1.165, 1.54) is 0 Å². The topological polar surface area (TPSA) is 108 Å². The standard InChI is InChI=1S/C7H9N5O/c1-2-10-6-4(3-8)5(9)11-7(13)12-6/h2H2,1H3,(H4,9,10,11,12,13). The van der Waals surface area contributed by atoms with Crippen LogP contribution in [0.25, 0.3) is 0 Å². The highest BCUT2D eigenvalue weighted by molar-refractivity contribution is 5.61. The maximum absolute atomic E-state index is 10.9. The predicted octanol–water partition coefficient (Wildman–Crippen LogP) is -0.344. The number of nitrogens with one attached hydrogen (secondary N) is 2. The van der Waals surface area contributed by atoms with E-state index in [1.807, 2.05) is 13.0 Å². The van der Waals surface area contributed by atoms with Crippen LogP contribution in [-0.4, -0.2) is 16.5 Å². The number of aromatic amines is 1. The molecule has 1 aromatic heterocycles. The number of hydrogen-bond donors (Lipinski definition) is 3. The molecule has 0 aliphatic rings. The molecule has 4 N–H and O–H groups in total. The van der Waals surface area contributed by atoms with Crippen LogP contribution in [-0.2, 0) is 0 Å². The number of rotatable bonds is 2. The molecule has 0 saturated heterocycles. The molecule has 0 amide bonds. The lowest BCUT2D eigenvalue weighted by molar-refractivity contribution is 1.05. The molecule has 0 aromatic carbocycles. The summed E-state index contributed by atoms with van der Waals surface area (Å²) in [4.78, 5) is 16.7. The first-order chi connectivity index (χ1) is 6.19. The zero-order valence-electron chi connectivity index (χ0n) is 7.09. The molecular weight excluding hydrogens is 170 g/mol. The second kappa shape index (κ2) is 3.58. The van der Waals surface area contributed by atoms with Gasteiger partial charge in [0.2, 0.25) is 0 Å². The summed E-state index contributed by atoms with van der Waals surface area (Å²) >= 11 is 0. The van der Waals surface area contributed by atoms with Gasteiger partial charge in [0.15, 0.2) is 5.82 Å². The number of nitrogen functional groups attached to an aromatic ring is 1. The van der Waals surface area contributed by atoms with Crippen LogP contribution in [0, 0.1) is 11.3 Å². The van der Waals surface area contributed by atoms with Gasteiger partial charge in [-0.3, -0.25) is 4.98 Å². The van der Waals surface area contributed by atoms with Gasteiger partial charge in [-0.25, -0.2) is 4.79 Å². The lowest BCUT2D eigenvalue weighted by atomic mass is 10.3. The molecule has 1 aromatic rings. The molecule has 0 fully saturated rings. The first-order valence-corrected chi connectivity index (χ1v) is 3.72. The zero-order chi connectivity index (χ0) is 9.84. The first-order valence-electron chi connectivity index (χ1n) is 3.72. The molecule has 0 unspecified atom stereocenters. The molecule has 6 heteroatoms. The first kappa shape index (κ1) is 9.06. The summed E-state index contributed by atoms with van der Waals surface area (Å²) < 4.78 is 0. The number of nitrogens with zero attached hydrogens (tertiary/aromatic N) is 2. The minimum Gasteiger partial charge on any atom is -0.384 e. The van der Waals surface area contributed by atoms with E-state index in [0.717, 1.165) is 0 Å². The van der Waals surface area contributed by atoms with E-state index in [4.69, 9.17) is 11.0 Å². The lowest BCUT2D eigenvalue weighted by Crippen LogP contribution is -2.17. The summed E-state index contributed by atoms with van der Waals surface area (Å²) in [5.74, 6) is 0.268. The fourth-order valence-corrected chi connectivity index (χ4v) is 0.899. The highest BCUT2D eigenvalue weighted by Gasteiger charge is 2.07. The number of hydrogen-bond acceptors (Lipinski definition) is 5. The molecule has 6 nitrogen and oxygen atoms in total. The molecule has 1 heterocycles. The average molecular weight is 179 g/mol. The van der Waals surface area contributed by atoms with Crippen LogP contribution in [0.1, 0.15) is 12.5 Å². The van der Waals surface area contributed by atoms with Gasteiger partial charge in [0.1, 0.15) is 17.5 Å². The summed E-state index contributed by atoms with van der Waals surface area (Å²) in [6.45, 7) is 2.41. The Kier molecular flexibility index (Phi) is 2.50. The monoisotopic (exact) mass is 179 g/mol. The van der Waals surface area contributed by atoms with Crippen LogP contribution < -0.4 is 16.7 Å². The van der Waals surface area contributed by atoms with Gasteiger partial charge in [-0.1, -0.05) is 0 Å². The molecule has 0 bridgehead atoms. The Hall–Kier alpha value is -2.03. The number of anilines is 2. The zero-order valence-corrected chi connectivity index (χ0v) is 7.09. The van der Waals surface area contributed by atoms with Crippen molar-refractivity contribution in [1.82, 2.24) is 9.97 Å². The number of aromatic nitrogens is 2.